The molecule has 0 aromatic carbocycles. The number of hydrogen-bond donors (Lipinski definition) is 0. The van der Waals surface area contributed by atoms with Gasteiger partial charge in [0.15, 0.2) is 0 Å². The fourth-order valence-electron chi connectivity index (χ4n) is 1.39. The number of unbranched alkanes of at least 4 members (excludes halogenated alkanes) is 2. The summed E-state index contributed by atoms with van der Waals surface area (Å²) < 4.78 is 4.84. The average Bonchev–Trinajstić information content (AvgIpc) is 2.29. The lowest BCUT2D eigenvalue weighted by molar-refractivity contribution is 0.0525. The van der Waals surface area contributed by atoms with Gasteiger partial charge in [-0.2, -0.15) is 0 Å². The largest absolute Gasteiger partial charge is 0.462 e. The molecule has 1 aromatic rings. The molecular formula is C12H17ClN2O2. The number of rotatable bonds is 6. The summed E-state index contributed by atoms with van der Waals surface area (Å²) in [7, 11) is 0. The van der Waals surface area contributed by atoms with Gasteiger partial charge in [0, 0.05) is 12.6 Å². The van der Waals surface area contributed by atoms with E-state index in [0.717, 1.165) is 25.7 Å². The monoisotopic (exact) mass is 256 g/mol. The Labute approximate surface area is 106 Å². The van der Waals surface area contributed by atoms with Crippen LogP contribution in [-0.4, -0.2) is 22.5 Å². The molecule has 5 heteroatoms. The van der Waals surface area contributed by atoms with Gasteiger partial charge in [-0.05, 0) is 13.3 Å². The molecule has 0 saturated heterocycles. The van der Waals surface area contributed by atoms with E-state index in [1.807, 2.05) is 0 Å². The van der Waals surface area contributed by atoms with Gasteiger partial charge in [-0.3, -0.25) is 0 Å². The van der Waals surface area contributed by atoms with Gasteiger partial charge in [0.05, 0.1) is 6.61 Å². The Kier molecular flexibility index (Phi) is 5.91. The molecule has 0 radical (unpaired) electrons. The average molecular weight is 257 g/mol. The van der Waals surface area contributed by atoms with E-state index in [2.05, 4.69) is 16.9 Å². The van der Waals surface area contributed by atoms with Gasteiger partial charge in [0.1, 0.15) is 16.5 Å². The minimum atomic E-state index is -0.474. The predicted molar refractivity (Wildman–Crippen MR) is 66.2 cm³/mol. The van der Waals surface area contributed by atoms with E-state index in [-0.39, 0.29) is 10.7 Å². The number of aromatic nitrogens is 2. The quantitative estimate of drug-likeness (QED) is 0.446. The third-order valence-electron chi connectivity index (χ3n) is 2.29. The molecule has 17 heavy (non-hydrogen) atoms. The standard InChI is InChI=1S/C12H17ClN2O2/c1-3-5-6-7-10-14-8-9(11(13)15-10)12(16)17-4-2/h8H,3-7H2,1-2H3. The third kappa shape index (κ3) is 4.30. The summed E-state index contributed by atoms with van der Waals surface area (Å²) in [6, 6.07) is 0. The molecule has 1 rings (SSSR count). The molecule has 0 spiro atoms. The van der Waals surface area contributed by atoms with Gasteiger partial charge < -0.3 is 4.74 Å². The van der Waals surface area contributed by atoms with E-state index >= 15 is 0 Å². The van der Waals surface area contributed by atoms with Crippen LogP contribution in [0.25, 0.3) is 0 Å². The van der Waals surface area contributed by atoms with Crippen LogP contribution in [0, 0.1) is 0 Å². The Morgan fingerprint density at radius 2 is 2.18 bits per heavy atom. The predicted octanol–water partition coefficient (Wildman–Crippen LogP) is 3.04. The molecule has 0 fully saturated rings. The Bertz CT molecular complexity index is 383. The summed E-state index contributed by atoms with van der Waals surface area (Å²) in [5, 5.41) is 0.171. The zero-order valence-corrected chi connectivity index (χ0v) is 11.0. The van der Waals surface area contributed by atoms with Crippen LogP contribution >= 0.6 is 11.6 Å². The van der Waals surface area contributed by atoms with Gasteiger partial charge >= 0.3 is 5.97 Å². The number of ether oxygens (including phenoxy) is 1. The molecule has 0 aliphatic carbocycles. The minimum absolute atomic E-state index is 0.171. The van der Waals surface area contributed by atoms with Crippen molar-refractivity contribution < 1.29 is 9.53 Å². The first kappa shape index (κ1) is 13.9. The zero-order chi connectivity index (χ0) is 12.7. The van der Waals surface area contributed by atoms with Crippen LogP contribution < -0.4 is 0 Å². The van der Waals surface area contributed by atoms with E-state index in [9.17, 15) is 4.79 Å². The molecule has 1 aromatic heterocycles. The molecule has 0 saturated carbocycles. The molecule has 0 aliphatic rings. The van der Waals surface area contributed by atoms with Crippen molar-refractivity contribution in [3.8, 4) is 0 Å². The first-order valence-electron chi connectivity index (χ1n) is 5.87. The summed E-state index contributed by atoms with van der Waals surface area (Å²) >= 11 is 5.92. The van der Waals surface area contributed by atoms with E-state index in [0.29, 0.717) is 12.4 Å². The SMILES string of the molecule is CCCCCc1ncc(C(=O)OCC)c(Cl)n1. The highest BCUT2D eigenvalue weighted by molar-refractivity contribution is 6.32. The van der Waals surface area contributed by atoms with Gasteiger partial charge in [0.2, 0.25) is 0 Å². The maximum atomic E-state index is 11.5. The summed E-state index contributed by atoms with van der Waals surface area (Å²) in [5.74, 6) is 0.203. The zero-order valence-electron chi connectivity index (χ0n) is 10.2. The van der Waals surface area contributed by atoms with Crippen molar-refractivity contribution in [1.29, 1.82) is 0 Å². The van der Waals surface area contributed by atoms with Crippen LogP contribution in [0.5, 0.6) is 0 Å². The van der Waals surface area contributed by atoms with Crippen molar-refractivity contribution in [1.82, 2.24) is 9.97 Å². The maximum Gasteiger partial charge on any atom is 0.342 e. The molecule has 4 nitrogen and oxygen atoms in total. The van der Waals surface area contributed by atoms with Crippen LogP contribution in [0.3, 0.4) is 0 Å². The molecule has 0 unspecified atom stereocenters. The fourth-order valence-corrected chi connectivity index (χ4v) is 1.62. The highest BCUT2D eigenvalue weighted by Gasteiger charge is 2.13. The van der Waals surface area contributed by atoms with Crippen molar-refractivity contribution >= 4 is 17.6 Å². The van der Waals surface area contributed by atoms with E-state index in [4.69, 9.17) is 16.3 Å². The molecule has 0 bridgehead atoms. The van der Waals surface area contributed by atoms with Gasteiger partial charge in [0.25, 0.3) is 0 Å². The number of carbonyl (C=O) groups excluding carboxylic acids is 1. The van der Waals surface area contributed by atoms with E-state index in [1.54, 1.807) is 6.92 Å². The molecule has 94 valence electrons. The molecule has 0 aliphatic heterocycles. The number of halogens is 1. The molecule has 0 atom stereocenters. The topological polar surface area (TPSA) is 52.1 Å². The van der Waals surface area contributed by atoms with Crippen molar-refractivity contribution in [2.24, 2.45) is 0 Å². The second-order valence-corrected chi connectivity index (χ2v) is 4.03. The smallest absolute Gasteiger partial charge is 0.342 e. The number of esters is 1. The minimum Gasteiger partial charge on any atom is -0.462 e. The summed E-state index contributed by atoms with van der Waals surface area (Å²) in [6.45, 7) is 4.19. The van der Waals surface area contributed by atoms with Crippen LogP contribution in [0.2, 0.25) is 5.15 Å². The Morgan fingerprint density at radius 1 is 1.41 bits per heavy atom. The Morgan fingerprint density at radius 3 is 2.76 bits per heavy atom. The maximum absolute atomic E-state index is 11.5. The fraction of sp³-hybridized carbons (Fsp3) is 0.583. The Hall–Kier alpha value is -1.16. The lowest BCUT2D eigenvalue weighted by atomic mass is 10.2. The number of nitrogens with zero attached hydrogens (tertiary/aromatic N) is 2. The summed E-state index contributed by atoms with van der Waals surface area (Å²) in [5.41, 5.74) is 0.229. The van der Waals surface area contributed by atoms with E-state index in [1.165, 1.54) is 6.20 Å². The van der Waals surface area contributed by atoms with Gasteiger partial charge in [-0.25, -0.2) is 14.8 Å². The molecular weight excluding hydrogens is 240 g/mol. The van der Waals surface area contributed by atoms with Crippen LogP contribution in [0.4, 0.5) is 0 Å². The molecule has 0 amide bonds. The van der Waals surface area contributed by atoms with E-state index < -0.39 is 5.97 Å². The highest BCUT2D eigenvalue weighted by atomic mass is 35.5. The highest BCUT2D eigenvalue weighted by Crippen LogP contribution is 2.14. The van der Waals surface area contributed by atoms with Gasteiger partial charge in [-0.1, -0.05) is 31.4 Å². The number of aryl methyl sites for hydroxylation is 1. The lowest BCUT2D eigenvalue weighted by Crippen LogP contribution is -2.08. The van der Waals surface area contributed by atoms with Crippen LogP contribution in [0.15, 0.2) is 6.20 Å². The van der Waals surface area contributed by atoms with Crippen molar-refractivity contribution in [3.63, 3.8) is 0 Å². The summed E-state index contributed by atoms with van der Waals surface area (Å²) in [6.07, 6.45) is 5.55. The normalized spacial score (nSPS) is 10.3. The third-order valence-corrected chi connectivity index (χ3v) is 2.58. The van der Waals surface area contributed by atoms with Crippen molar-refractivity contribution in [2.45, 2.75) is 39.5 Å². The first-order chi connectivity index (χ1) is 8.19. The Balaban J connectivity index is 2.68. The van der Waals surface area contributed by atoms with Gasteiger partial charge in [-0.15, -0.1) is 0 Å². The lowest BCUT2D eigenvalue weighted by Gasteiger charge is -2.04. The number of hydrogen-bond acceptors (Lipinski definition) is 4. The number of carbonyl (C=O) groups is 1. The van der Waals surface area contributed by atoms with Crippen molar-refractivity contribution in [2.75, 3.05) is 6.61 Å². The second-order valence-electron chi connectivity index (χ2n) is 3.67. The van der Waals surface area contributed by atoms with Crippen LogP contribution in [0.1, 0.15) is 49.3 Å². The second kappa shape index (κ2) is 7.22. The summed E-state index contributed by atoms with van der Waals surface area (Å²) in [4.78, 5) is 19.7. The molecule has 1 heterocycles. The van der Waals surface area contributed by atoms with Crippen LogP contribution in [-0.2, 0) is 11.2 Å². The molecule has 0 N–H and O–H groups in total. The van der Waals surface area contributed by atoms with Crippen molar-refractivity contribution in [3.05, 3.63) is 22.7 Å². The first-order valence-corrected chi connectivity index (χ1v) is 6.25.